The molecule has 1 aliphatic rings. The molecule has 0 aliphatic carbocycles. The molecule has 0 fully saturated rings. The van der Waals surface area contributed by atoms with E-state index < -0.39 is 20.0 Å². The number of hydrogen-bond donors (Lipinski definition) is 1. The van der Waals surface area contributed by atoms with E-state index in [4.69, 9.17) is 16.7 Å². The van der Waals surface area contributed by atoms with Gasteiger partial charge in [0, 0.05) is 17.2 Å². The van der Waals surface area contributed by atoms with Crippen LogP contribution in [0, 0.1) is 5.92 Å². The van der Waals surface area contributed by atoms with Crippen LogP contribution in [0.3, 0.4) is 0 Å². The largest absolute Gasteiger partial charge is 0.265 e. The summed E-state index contributed by atoms with van der Waals surface area (Å²) in [6.07, 6.45) is 0. The van der Waals surface area contributed by atoms with Gasteiger partial charge in [0.1, 0.15) is 4.90 Å². The molecule has 140 valence electrons. The van der Waals surface area contributed by atoms with Crippen LogP contribution in [0.4, 0.5) is 5.69 Å². The Hall–Kier alpha value is -1.26. The summed E-state index contributed by atoms with van der Waals surface area (Å²) in [7, 11) is -8.13. The zero-order valence-corrected chi connectivity index (χ0v) is 17.0. The van der Waals surface area contributed by atoms with E-state index in [2.05, 4.69) is 0 Å². The molecule has 3 rings (SSSR count). The van der Waals surface area contributed by atoms with E-state index >= 15 is 0 Å². The lowest BCUT2D eigenvalue weighted by atomic mass is 10.2. The van der Waals surface area contributed by atoms with Crippen LogP contribution in [-0.2, 0) is 20.0 Å². The van der Waals surface area contributed by atoms with Crippen molar-refractivity contribution in [3.8, 4) is 0 Å². The van der Waals surface area contributed by atoms with Gasteiger partial charge in [-0.2, -0.15) is 0 Å². The molecule has 0 aromatic heterocycles. The highest BCUT2D eigenvalue weighted by molar-refractivity contribution is 7.99. The van der Waals surface area contributed by atoms with Gasteiger partial charge in [0.2, 0.25) is 10.0 Å². The first-order valence-corrected chi connectivity index (χ1v) is 12.0. The lowest BCUT2D eigenvalue weighted by Gasteiger charge is -2.26. The minimum Gasteiger partial charge on any atom is -0.265 e. The van der Waals surface area contributed by atoms with Crippen LogP contribution in [-0.4, -0.2) is 29.1 Å². The van der Waals surface area contributed by atoms with Gasteiger partial charge in [-0.3, -0.25) is 4.31 Å². The summed E-state index contributed by atoms with van der Waals surface area (Å²) in [5, 5.41) is 5.08. The zero-order valence-electron chi connectivity index (χ0n) is 13.8. The molecular formula is C16H17ClN2O4S3. The Morgan fingerprint density at radius 1 is 1.15 bits per heavy atom. The normalized spacial score (nSPS) is 18.3. The van der Waals surface area contributed by atoms with Crippen molar-refractivity contribution < 1.29 is 16.8 Å². The minimum absolute atomic E-state index is 0.0561. The topological polar surface area (TPSA) is 97.5 Å². The van der Waals surface area contributed by atoms with Gasteiger partial charge in [0.15, 0.2) is 0 Å². The van der Waals surface area contributed by atoms with Gasteiger partial charge < -0.3 is 0 Å². The van der Waals surface area contributed by atoms with Crippen LogP contribution in [0.1, 0.15) is 6.92 Å². The molecule has 1 heterocycles. The third-order valence-electron chi connectivity index (χ3n) is 3.93. The van der Waals surface area contributed by atoms with Crippen LogP contribution in [0.25, 0.3) is 0 Å². The van der Waals surface area contributed by atoms with E-state index in [0.717, 1.165) is 16.7 Å². The lowest BCUT2D eigenvalue weighted by Crippen LogP contribution is -2.35. The highest BCUT2D eigenvalue weighted by Gasteiger charge is 2.32. The van der Waals surface area contributed by atoms with Crippen LogP contribution >= 0.6 is 23.4 Å². The van der Waals surface area contributed by atoms with Crippen LogP contribution < -0.4 is 9.44 Å². The van der Waals surface area contributed by atoms with Crippen LogP contribution in [0.5, 0.6) is 0 Å². The van der Waals surface area contributed by atoms with E-state index in [0.29, 0.717) is 5.69 Å². The Bertz CT molecular complexity index is 1050. The fourth-order valence-electron chi connectivity index (χ4n) is 2.66. The molecule has 2 aromatic carbocycles. The fourth-order valence-corrected chi connectivity index (χ4v) is 6.51. The van der Waals surface area contributed by atoms with Gasteiger partial charge in [-0.25, -0.2) is 22.0 Å². The maximum absolute atomic E-state index is 13.3. The maximum atomic E-state index is 13.3. The third kappa shape index (κ3) is 3.72. The van der Waals surface area contributed by atoms with Gasteiger partial charge in [0.25, 0.3) is 10.0 Å². The van der Waals surface area contributed by atoms with Crippen molar-refractivity contribution >= 4 is 49.1 Å². The van der Waals surface area contributed by atoms with Crippen LogP contribution in [0.15, 0.2) is 57.2 Å². The molecule has 0 amide bonds. The van der Waals surface area contributed by atoms with E-state index in [1.165, 1.54) is 16.4 Å². The predicted octanol–water partition coefficient (Wildman–Crippen LogP) is 2.92. The number of rotatable bonds is 3. The third-order valence-corrected chi connectivity index (χ3v) is 8.50. The number of fused-ring (bicyclic) bond motifs is 1. The van der Waals surface area contributed by atoms with E-state index in [-0.39, 0.29) is 27.3 Å². The molecule has 0 saturated heterocycles. The molecule has 2 aromatic rings. The molecule has 6 nitrogen and oxygen atoms in total. The van der Waals surface area contributed by atoms with Gasteiger partial charge >= 0.3 is 0 Å². The first kappa shape index (κ1) is 19.5. The molecular weight excluding hydrogens is 416 g/mol. The average Bonchev–Trinajstić information content (AvgIpc) is 2.74. The Morgan fingerprint density at radius 2 is 1.85 bits per heavy atom. The van der Waals surface area contributed by atoms with Gasteiger partial charge in [-0.05, 0) is 36.2 Å². The number of anilines is 1. The van der Waals surface area contributed by atoms with Crippen molar-refractivity contribution in [3.63, 3.8) is 0 Å². The number of halogens is 1. The maximum Gasteiger partial charge on any atom is 0.265 e. The molecule has 0 bridgehead atoms. The number of nitrogens with zero attached hydrogens (tertiary/aromatic N) is 1. The summed E-state index contributed by atoms with van der Waals surface area (Å²) >= 11 is 7.70. The number of primary sulfonamides is 1. The summed E-state index contributed by atoms with van der Waals surface area (Å²) in [4.78, 5) is 0.268. The summed E-state index contributed by atoms with van der Waals surface area (Å²) < 4.78 is 51.2. The number of para-hydroxylation sites is 1. The van der Waals surface area contributed by atoms with E-state index in [1.54, 1.807) is 23.9 Å². The number of hydrogen-bond acceptors (Lipinski definition) is 5. The molecule has 26 heavy (non-hydrogen) atoms. The molecule has 0 saturated carbocycles. The molecule has 0 unspecified atom stereocenters. The van der Waals surface area contributed by atoms with Gasteiger partial charge in [-0.15, -0.1) is 11.8 Å². The second-order valence-corrected chi connectivity index (χ2v) is 10.9. The van der Waals surface area contributed by atoms with Crippen molar-refractivity contribution in [1.29, 1.82) is 0 Å². The van der Waals surface area contributed by atoms with Gasteiger partial charge in [0.05, 0.1) is 15.6 Å². The number of benzene rings is 2. The monoisotopic (exact) mass is 432 g/mol. The quantitative estimate of drug-likeness (QED) is 0.804. The van der Waals surface area contributed by atoms with Crippen molar-refractivity contribution in [2.24, 2.45) is 11.1 Å². The van der Waals surface area contributed by atoms with Crippen molar-refractivity contribution in [2.75, 3.05) is 16.6 Å². The minimum atomic E-state index is -4.08. The molecule has 0 spiro atoms. The smallest absolute Gasteiger partial charge is 0.265 e. The highest BCUT2D eigenvalue weighted by atomic mass is 35.5. The number of thioether (sulfide) groups is 1. The Kier molecular flexibility index (Phi) is 5.28. The van der Waals surface area contributed by atoms with Crippen LogP contribution in [0.2, 0.25) is 5.02 Å². The molecule has 1 aliphatic heterocycles. The molecule has 10 heteroatoms. The Labute approximate surface area is 162 Å². The fraction of sp³-hybridized carbons (Fsp3) is 0.250. The number of nitrogens with two attached hydrogens (primary N) is 1. The first-order valence-electron chi connectivity index (χ1n) is 7.67. The second-order valence-electron chi connectivity index (χ2n) is 6.06. The van der Waals surface area contributed by atoms with E-state index in [1.807, 2.05) is 19.1 Å². The summed E-state index contributed by atoms with van der Waals surface area (Å²) in [6, 6.07) is 10.6. The van der Waals surface area contributed by atoms with E-state index in [9.17, 15) is 16.8 Å². The molecule has 2 N–H and O–H groups in total. The van der Waals surface area contributed by atoms with Crippen molar-refractivity contribution in [1.82, 2.24) is 0 Å². The van der Waals surface area contributed by atoms with Crippen molar-refractivity contribution in [2.45, 2.75) is 21.6 Å². The lowest BCUT2D eigenvalue weighted by molar-refractivity contribution is 0.579. The zero-order chi connectivity index (χ0) is 19.1. The predicted molar refractivity (Wildman–Crippen MR) is 104 cm³/mol. The standard InChI is InChI=1S/C16H17ClN2O4S3/c1-11-9-19(14-4-2-3-5-15(14)24-10-11)26(22,23)16-8-12(25(18,20)21)6-7-13(16)17/h2-8,11H,9-10H2,1H3,(H2,18,20,21)/t11-/m0/s1. The highest BCUT2D eigenvalue weighted by Crippen LogP contribution is 2.39. The van der Waals surface area contributed by atoms with Crippen molar-refractivity contribution in [3.05, 3.63) is 47.5 Å². The summed E-state index contributed by atoms with van der Waals surface area (Å²) in [5.74, 6) is 0.871. The first-order chi connectivity index (χ1) is 12.1. The molecule has 1 atom stereocenters. The Balaban J connectivity index is 2.20. The number of sulfonamides is 2. The van der Waals surface area contributed by atoms with Gasteiger partial charge in [-0.1, -0.05) is 30.7 Å². The average molecular weight is 433 g/mol. The Morgan fingerprint density at radius 3 is 2.54 bits per heavy atom. The SMILES string of the molecule is C[C@@H]1CSc2ccccc2N(S(=O)(=O)c2cc(S(N)(=O)=O)ccc2Cl)C1. The molecule has 0 radical (unpaired) electrons. The second kappa shape index (κ2) is 7.05. The summed E-state index contributed by atoms with van der Waals surface area (Å²) in [5.41, 5.74) is 0.555. The summed E-state index contributed by atoms with van der Waals surface area (Å²) in [6.45, 7) is 2.23.